The van der Waals surface area contributed by atoms with Crippen molar-refractivity contribution in [1.29, 1.82) is 0 Å². The van der Waals surface area contributed by atoms with Crippen LogP contribution >= 0.6 is 0 Å². The number of ether oxygens (including phenoxy) is 4. The Morgan fingerprint density at radius 1 is 0.923 bits per heavy atom. The van der Waals surface area contributed by atoms with Crippen molar-refractivity contribution >= 4 is 0 Å². The van der Waals surface area contributed by atoms with E-state index in [-0.39, 0.29) is 0 Å². The van der Waals surface area contributed by atoms with Crippen molar-refractivity contribution in [2.75, 3.05) is 20.3 Å². The van der Waals surface area contributed by atoms with Crippen molar-refractivity contribution in [3.8, 4) is 0 Å². The average molecular weight is 381 g/mol. The predicted octanol–water partition coefficient (Wildman–Crippen LogP) is -3.43. The van der Waals surface area contributed by atoms with E-state index in [4.69, 9.17) is 24.5 Å². The van der Waals surface area contributed by atoms with E-state index in [2.05, 4.69) is 10.0 Å². The lowest BCUT2D eigenvalue weighted by Crippen LogP contribution is -2.64. The summed E-state index contributed by atoms with van der Waals surface area (Å²) in [4.78, 5) is 2.60. The Bertz CT molecular complexity index is 505. The molecule has 10 atom stereocenters. The maximum Gasteiger partial charge on any atom is 0.187 e. The zero-order chi connectivity index (χ0) is 19.4. The third kappa shape index (κ3) is 4.08. The minimum absolute atomic E-state index is 0.609. The summed E-state index contributed by atoms with van der Waals surface area (Å²) in [6, 6.07) is -1.22. The zero-order valence-electron chi connectivity index (χ0n) is 13.8. The number of hydrogen-bond donors (Lipinski definition) is 6. The number of rotatable bonds is 6. The summed E-state index contributed by atoms with van der Waals surface area (Å²) in [5.41, 5.74) is 8.65. The van der Waals surface area contributed by atoms with Gasteiger partial charge in [0.05, 0.1) is 19.3 Å². The molecule has 2 fully saturated rings. The normalized spacial score (nSPS) is 46.6. The van der Waals surface area contributed by atoms with E-state index in [1.54, 1.807) is 0 Å². The number of aliphatic hydroxyl groups is 6. The van der Waals surface area contributed by atoms with Gasteiger partial charge in [-0.3, -0.25) is 0 Å². The highest BCUT2D eigenvalue weighted by atomic mass is 16.7. The molecule has 2 heterocycles. The third-order valence-electron chi connectivity index (χ3n) is 4.38. The molecule has 2 aliphatic heterocycles. The second-order valence-corrected chi connectivity index (χ2v) is 5.95. The Kier molecular flexibility index (Phi) is 7.52. The molecule has 6 N–H and O–H groups in total. The van der Waals surface area contributed by atoms with Gasteiger partial charge in [0.2, 0.25) is 0 Å². The zero-order valence-corrected chi connectivity index (χ0v) is 13.8. The van der Waals surface area contributed by atoms with Crippen LogP contribution in [-0.4, -0.2) is 112 Å². The third-order valence-corrected chi connectivity index (χ3v) is 4.38. The first-order chi connectivity index (χ1) is 12.4. The van der Waals surface area contributed by atoms with Gasteiger partial charge >= 0.3 is 0 Å². The molecule has 13 nitrogen and oxygen atoms in total. The fourth-order valence-corrected chi connectivity index (χ4v) is 2.93. The van der Waals surface area contributed by atoms with Crippen LogP contribution in [0.1, 0.15) is 0 Å². The first kappa shape index (κ1) is 21.2. The molecule has 0 radical (unpaired) electrons. The first-order valence-corrected chi connectivity index (χ1v) is 7.86. The van der Waals surface area contributed by atoms with Gasteiger partial charge in [0.15, 0.2) is 12.6 Å². The Morgan fingerprint density at radius 2 is 1.54 bits per heavy atom. The Labute approximate surface area is 147 Å². The van der Waals surface area contributed by atoms with Gasteiger partial charge in [-0.2, -0.15) is 0 Å². The minimum Gasteiger partial charge on any atom is -0.394 e. The lowest BCUT2D eigenvalue weighted by atomic mass is 9.96. The molecule has 0 aromatic heterocycles. The monoisotopic (exact) mass is 381 g/mol. The van der Waals surface area contributed by atoms with Crippen LogP contribution in [0.2, 0.25) is 0 Å². The topological polar surface area (TPSA) is 207 Å². The van der Waals surface area contributed by atoms with E-state index in [0.29, 0.717) is 0 Å². The SMILES string of the molecule is COC1OC(CO)C(OC2OC(CO)C(O)C(O)C2O)C(O)C1N=[N+]=[N-]. The van der Waals surface area contributed by atoms with Gasteiger partial charge < -0.3 is 49.6 Å². The summed E-state index contributed by atoms with van der Waals surface area (Å²) in [6.07, 6.45) is -12.9. The summed E-state index contributed by atoms with van der Waals surface area (Å²) in [6.45, 7) is -1.27. The second-order valence-electron chi connectivity index (χ2n) is 5.95. The second kappa shape index (κ2) is 9.21. The summed E-state index contributed by atoms with van der Waals surface area (Å²) in [7, 11) is 1.25. The molecule has 150 valence electrons. The van der Waals surface area contributed by atoms with Gasteiger partial charge in [-0.1, -0.05) is 5.11 Å². The molecule has 0 amide bonds. The van der Waals surface area contributed by atoms with Gasteiger partial charge in [0.1, 0.15) is 42.7 Å². The van der Waals surface area contributed by atoms with Gasteiger partial charge in [-0.15, -0.1) is 0 Å². The summed E-state index contributed by atoms with van der Waals surface area (Å²) < 4.78 is 21.0. The molecule has 2 saturated heterocycles. The smallest absolute Gasteiger partial charge is 0.187 e. The number of azide groups is 1. The highest BCUT2D eigenvalue weighted by Crippen LogP contribution is 2.30. The van der Waals surface area contributed by atoms with E-state index >= 15 is 0 Å². The van der Waals surface area contributed by atoms with Gasteiger partial charge in [-0.05, 0) is 5.53 Å². The number of nitrogens with zero attached hydrogens (tertiary/aromatic N) is 3. The van der Waals surface area contributed by atoms with Crippen LogP contribution in [0.4, 0.5) is 0 Å². The molecule has 10 unspecified atom stereocenters. The average Bonchev–Trinajstić information content (AvgIpc) is 2.65. The van der Waals surface area contributed by atoms with Crippen molar-refractivity contribution in [1.82, 2.24) is 0 Å². The molecule has 0 spiro atoms. The van der Waals surface area contributed by atoms with Crippen molar-refractivity contribution in [2.45, 2.75) is 61.3 Å². The highest BCUT2D eigenvalue weighted by molar-refractivity contribution is 4.96. The molecule has 0 saturated carbocycles. The molecule has 2 aliphatic rings. The maximum absolute atomic E-state index is 10.5. The van der Waals surface area contributed by atoms with E-state index < -0.39 is 74.6 Å². The lowest BCUT2D eigenvalue weighted by Gasteiger charge is -2.46. The molecule has 0 aromatic rings. The largest absolute Gasteiger partial charge is 0.394 e. The van der Waals surface area contributed by atoms with Crippen LogP contribution in [0.15, 0.2) is 5.11 Å². The van der Waals surface area contributed by atoms with E-state index in [0.717, 1.165) is 0 Å². The van der Waals surface area contributed by atoms with Gasteiger partial charge in [0, 0.05) is 12.0 Å². The minimum atomic E-state index is -1.71. The van der Waals surface area contributed by atoms with Gasteiger partial charge in [-0.25, -0.2) is 0 Å². The van der Waals surface area contributed by atoms with Crippen LogP contribution in [0.25, 0.3) is 10.4 Å². The van der Waals surface area contributed by atoms with Crippen molar-refractivity contribution in [3.63, 3.8) is 0 Å². The first-order valence-electron chi connectivity index (χ1n) is 7.86. The quantitative estimate of drug-likeness (QED) is 0.152. The predicted molar refractivity (Wildman–Crippen MR) is 80.3 cm³/mol. The number of hydrogen-bond acceptors (Lipinski definition) is 11. The van der Waals surface area contributed by atoms with Crippen molar-refractivity contribution < 1.29 is 49.6 Å². The molecule has 2 rings (SSSR count). The molecule has 0 bridgehead atoms. The van der Waals surface area contributed by atoms with Crippen molar-refractivity contribution in [2.24, 2.45) is 5.11 Å². The van der Waals surface area contributed by atoms with Crippen molar-refractivity contribution in [3.05, 3.63) is 10.4 Å². The van der Waals surface area contributed by atoms with Crippen LogP contribution in [0.5, 0.6) is 0 Å². The Balaban J connectivity index is 2.20. The fraction of sp³-hybridized carbons (Fsp3) is 1.00. The molecule has 26 heavy (non-hydrogen) atoms. The Morgan fingerprint density at radius 3 is 2.08 bits per heavy atom. The highest BCUT2D eigenvalue weighted by Gasteiger charge is 2.50. The fourth-order valence-electron chi connectivity index (χ4n) is 2.93. The van der Waals surface area contributed by atoms with E-state index in [1.807, 2.05) is 0 Å². The van der Waals surface area contributed by atoms with E-state index in [1.165, 1.54) is 7.11 Å². The standard InChI is InChI=1S/C13H23N3O10/c1-23-12-6(15-16-14)8(20)11(5(3-18)25-12)26-13-10(22)9(21)7(19)4(2-17)24-13/h4-13,17-22H,2-3H2,1H3. The summed E-state index contributed by atoms with van der Waals surface area (Å²) in [5, 5.41) is 62.1. The Hall–Kier alpha value is -1.09. The summed E-state index contributed by atoms with van der Waals surface area (Å²) in [5.74, 6) is 0. The van der Waals surface area contributed by atoms with Crippen LogP contribution in [-0.2, 0) is 18.9 Å². The molecular weight excluding hydrogens is 358 g/mol. The number of aliphatic hydroxyl groups excluding tert-OH is 6. The molecule has 0 aliphatic carbocycles. The summed E-state index contributed by atoms with van der Waals surface area (Å²) >= 11 is 0. The van der Waals surface area contributed by atoms with Crippen LogP contribution < -0.4 is 0 Å². The molecule has 13 heteroatoms. The molecule has 0 aromatic carbocycles. The lowest BCUT2D eigenvalue weighted by molar-refractivity contribution is -0.345. The van der Waals surface area contributed by atoms with Crippen LogP contribution in [0, 0.1) is 0 Å². The molecular formula is C13H23N3O10. The maximum atomic E-state index is 10.5. The number of methoxy groups -OCH3 is 1. The van der Waals surface area contributed by atoms with Gasteiger partial charge in [0.25, 0.3) is 0 Å². The van der Waals surface area contributed by atoms with E-state index in [9.17, 15) is 30.6 Å². The van der Waals surface area contributed by atoms with Crippen LogP contribution in [0.3, 0.4) is 0 Å².